The van der Waals surface area contributed by atoms with Gasteiger partial charge < -0.3 is 15.7 Å². The minimum absolute atomic E-state index is 0.112. The first-order valence-electron chi connectivity index (χ1n) is 6.28. The molecule has 0 saturated heterocycles. The molecular formula is C14H15N3O3S. The molecule has 1 aromatic heterocycles. The average Bonchev–Trinajstić information content (AvgIpc) is 3.00. The first kappa shape index (κ1) is 15.1. The molecule has 1 heterocycles. The molecule has 0 unspecified atom stereocenters. The molecule has 110 valence electrons. The van der Waals surface area contributed by atoms with Gasteiger partial charge in [0, 0.05) is 23.6 Å². The van der Waals surface area contributed by atoms with Gasteiger partial charge in [0.25, 0.3) is 11.8 Å². The fourth-order valence-electron chi connectivity index (χ4n) is 1.71. The van der Waals surface area contributed by atoms with E-state index in [-0.39, 0.29) is 25.0 Å². The second kappa shape index (κ2) is 6.96. The van der Waals surface area contributed by atoms with E-state index < -0.39 is 0 Å². The summed E-state index contributed by atoms with van der Waals surface area (Å²) in [4.78, 5) is 27.7. The molecule has 0 saturated carbocycles. The summed E-state index contributed by atoms with van der Waals surface area (Å²) < 4.78 is 0. The SMILES string of the molecule is CNC(=O)c1cccc(C(=O)NCc2nc(CO)cs2)c1. The van der Waals surface area contributed by atoms with Gasteiger partial charge in [-0.25, -0.2) is 4.98 Å². The van der Waals surface area contributed by atoms with Crippen LogP contribution in [0.4, 0.5) is 0 Å². The summed E-state index contributed by atoms with van der Waals surface area (Å²) in [5.74, 6) is -0.515. The first-order valence-corrected chi connectivity index (χ1v) is 7.16. The maximum atomic E-state index is 12.0. The second-order valence-corrected chi connectivity index (χ2v) is 5.18. The number of nitrogens with zero attached hydrogens (tertiary/aromatic N) is 1. The molecule has 0 fully saturated rings. The number of hydrogen-bond acceptors (Lipinski definition) is 5. The fraction of sp³-hybridized carbons (Fsp3) is 0.214. The van der Waals surface area contributed by atoms with Crippen molar-refractivity contribution in [3.8, 4) is 0 Å². The van der Waals surface area contributed by atoms with Crippen molar-refractivity contribution in [2.75, 3.05) is 7.05 Å². The van der Waals surface area contributed by atoms with Crippen LogP contribution in [0.15, 0.2) is 29.6 Å². The Kier molecular flexibility index (Phi) is 5.02. The number of carbonyl (C=O) groups excluding carboxylic acids is 2. The Hall–Kier alpha value is -2.25. The minimum atomic E-state index is -0.276. The lowest BCUT2D eigenvalue weighted by molar-refractivity contribution is 0.0951. The lowest BCUT2D eigenvalue weighted by Crippen LogP contribution is -2.24. The van der Waals surface area contributed by atoms with E-state index in [0.717, 1.165) is 5.01 Å². The van der Waals surface area contributed by atoms with Gasteiger partial charge in [0.1, 0.15) is 5.01 Å². The number of hydrogen-bond donors (Lipinski definition) is 3. The van der Waals surface area contributed by atoms with Crippen molar-refractivity contribution >= 4 is 23.2 Å². The van der Waals surface area contributed by atoms with Crippen LogP contribution in [0, 0.1) is 0 Å². The molecule has 21 heavy (non-hydrogen) atoms. The third-order valence-electron chi connectivity index (χ3n) is 2.78. The smallest absolute Gasteiger partial charge is 0.251 e. The zero-order valence-corrected chi connectivity index (χ0v) is 12.2. The predicted octanol–water partition coefficient (Wildman–Crippen LogP) is 0.925. The molecular weight excluding hydrogens is 290 g/mol. The second-order valence-electron chi connectivity index (χ2n) is 4.23. The van der Waals surface area contributed by atoms with Gasteiger partial charge in [-0.1, -0.05) is 6.07 Å². The van der Waals surface area contributed by atoms with Gasteiger partial charge in [0.2, 0.25) is 0 Å². The Bertz CT molecular complexity index is 654. The number of amides is 2. The summed E-state index contributed by atoms with van der Waals surface area (Å²) in [6.45, 7) is 0.173. The number of thiazole rings is 1. The molecule has 2 aromatic rings. The van der Waals surface area contributed by atoms with Gasteiger partial charge in [-0.3, -0.25) is 9.59 Å². The molecule has 6 nitrogen and oxygen atoms in total. The minimum Gasteiger partial charge on any atom is -0.390 e. The van der Waals surface area contributed by atoms with Crippen LogP contribution in [0.5, 0.6) is 0 Å². The molecule has 0 aliphatic carbocycles. The topological polar surface area (TPSA) is 91.3 Å². The van der Waals surface area contributed by atoms with E-state index in [9.17, 15) is 9.59 Å². The van der Waals surface area contributed by atoms with Gasteiger partial charge in [-0.05, 0) is 18.2 Å². The summed E-state index contributed by atoms with van der Waals surface area (Å²) in [6, 6.07) is 6.48. The van der Waals surface area contributed by atoms with Gasteiger partial charge in [-0.15, -0.1) is 11.3 Å². The lowest BCUT2D eigenvalue weighted by Gasteiger charge is -2.05. The van der Waals surface area contributed by atoms with E-state index in [4.69, 9.17) is 5.11 Å². The van der Waals surface area contributed by atoms with Crippen LogP contribution in [0.2, 0.25) is 0 Å². The Morgan fingerprint density at radius 3 is 2.62 bits per heavy atom. The molecule has 0 bridgehead atoms. The Balaban J connectivity index is 2.01. The van der Waals surface area contributed by atoms with E-state index in [1.54, 1.807) is 23.6 Å². The summed E-state index contributed by atoms with van der Waals surface area (Å²) in [5.41, 5.74) is 1.43. The van der Waals surface area contributed by atoms with Crippen molar-refractivity contribution in [1.82, 2.24) is 15.6 Å². The predicted molar refractivity (Wildman–Crippen MR) is 79.0 cm³/mol. The van der Waals surface area contributed by atoms with E-state index in [0.29, 0.717) is 16.8 Å². The largest absolute Gasteiger partial charge is 0.390 e. The highest BCUT2D eigenvalue weighted by atomic mass is 32.1. The molecule has 0 aliphatic rings. The molecule has 3 N–H and O–H groups in total. The highest BCUT2D eigenvalue weighted by Gasteiger charge is 2.10. The molecule has 7 heteroatoms. The highest BCUT2D eigenvalue weighted by molar-refractivity contribution is 7.09. The normalized spacial score (nSPS) is 10.2. The molecule has 0 atom stereocenters. The van der Waals surface area contributed by atoms with Crippen molar-refractivity contribution in [2.45, 2.75) is 13.2 Å². The highest BCUT2D eigenvalue weighted by Crippen LogP contribution is 2.10. The van der Waals surface area contributed by atoms with Crippen LogP contribution in [-0.2, 0) is 13.2 Å². The quantitative estimate of drug-likeness (QED) is 0.766. The van der Waals surface area contributed by atoms with E-state index in [1.807, 2.05) is 0 Å². The lowest BCUT2D eigenvalue weighted by atomic mass is 10.1. The van der Waals surface area contributed by atoms with Crippen LogP contribution in [0.3, 0.4) is 0 Å². The van der Waals surface area contributed by atoms with Crippen LogP contribution in [-0.4, -0.2) is 29.0 Å². The molecule has 0 radical (unpaired) electrons. The number of aliphatic hydroxyl groups excluding tert-OH is 1. The van der Waals surface area contributed by atoms with E-state index in [1.165, 1.54) is 24.5 Å². The maximum absolute atomic E-state index is 12.0. The van der Waals surface area contributed by atoms with Crippen molar-refractivity contribution in [1.29, 1.82) is 0 Å². The molecule has 0 aliphatic heterocycles. The number of benzene rings is 1. The van der Waals surface area contributed by atoms with Crippen LogP contribution < -0.4 is 10.6 Å². The summed E-state index contributed by atoms with van der Waals surface area (Å²) in [7, 11) is 1.54. The van der Waals surface area contributed by atoms with Crippen LogP contribution in [0.1, 0.15) is 31.4 Å². The monoisotopic (exact) mass is 305 g/mol. The third kappa shape index (κ3) is 3.87. The zero-order chi connectivity index (χ0) is 15.2. The zero-order valence-electron chi connectivity index (χ0n) is 11.4. The Morgan fingerprint density at radius 2 is 2.00 bits per heavy atom. The average molecular weight is 305 g/mol. The summed E-state index contributed by atoms with van der Waals surface area (Å²) >= 11 is 1.37. The molecule has 0 spiro atoms. The maximum Gasteiger partial charge on any atom is 0.251 e. The first-order chi connectivity index (χ1) is 10.1. The van der Waals surface area contributed by atoms with Gasteiger partial charge in [-0.2, -0.15) is 0 Å². The van der Waals surface area contributed by atoms with Crippen molar-refractivity contribution < 1.29 is 14.7 Å². The van der Waals surface area contributed by atoms with Gasteiger partial charge in [0.05, 0.1) is 18.8 Å². The van der Waals surface area contributed by atoms with Gasteiger partial charge >= 0.3 is 0 Å². The fourth-order valence-corrected chi connectivity index (χ4v) is 2.43. The Morgan fingerprint density at radius 1 is 1.29 bits per heavy atom. The number of nitrogens with one attached hydrogen (secondary N) is 2. The number of aliphatic hydroxyl groups is 1. The van der Waals surface area contributed by atoms with E-state index >= 15 is 0 Å². The number of rotatable bonds is 5. The Labute approximate surface area is 125 Å². The molecule has 2 rings (SSSR count). The standard InChI is InChI=1S/C14H15N3O3S/c1-15-13(19)9-3-2-4-10(5-9)14(20)16-6-12-17-11(7-18)8-21-12/h2-5,8,18H,6-7H2,1H3,(H,15,19)(H,16,20). The van der Waals surface area contributed by atoms with Crippen LogP contribution in [0.25, 0.3) is 0 Å². The van der Waals surface area contributed by atoms with Crippen molar-refractivity contribution in [3.63, 3.8) is 0 Å². The summed E-state index contributed by atoms with van der Waals surface area (Å²) in [6.07, 6.45) is 0. The summed E-state index contributed by atoms with van der Waals surface area (Å²) in [5, 5.41) is 16.6. The van der Waals surface area contributed by atoms with Gasteiger partial charge in [0.15, 0.2) is 0 Å². The number of aromatic nitrogens is 1. The van der Waals surface area contributed by atoms with Crippen molar-refractivity contribution in [3.05, 3.63) is 51.5 Å². The third-order valence-corrected chi connectivity index (χ3v) is 3.67. The molecule has 1 aromatic carbocycles. The van der Waals surface area contributed by atoms with Crippen LogP contribution >= 0.6 is 11.3 Å². The molecule has 2 amide bonds. The van der Waals surface area contributed by atoms with E-state index in [2.05, 4.69) is 15.6 Å². The van der Waals surface area contributed by atoms with Crippen molar-refractivity contribution in [2.24, 2.45) is 0 Å². The number of carbonyl (C=O) groups is 2.